The molecule has 2 aromatic rings. The molecule has 2 rings (SSSR count). The van der Waals surface area contributed by atoms with Crippen LogP contribution >= 0.6 is 0 Å². The molecule has 100 valence electrons. The third-order valence-corrected chi connectivity index (χ3v) is 2.35. The van der Waals surface area contributed by atoms with Crippen molar-refractivity contribution in [1.82, 2.24) is 15.3 Å². The molecule has 0 spiro atoms. The van der Waals surface area contributed by atoms with E-state index in [2.05, 4.69) is 15.3 Å². The molecule has 0 unspecified atom stereocenters. The van der Waals surface area contributed by atoms with Gasteiger partial charge in [-0.25, -0.2) is 0 Å². The van der Waals surface area contributed by atoms with Gasteiger partial charge in [0, 0.05) is 18.5 Å². The molecule has 0 saturated carbocycles. The van der Waals surface area contributed by atoms with Crippen LogP contribution in [0.3, 0.4) is 0 Å². The number of nitro groups is 1. The van der Waals surface area contributed by atoms with E-state index in [0.29, 0.717) is 0 Å². The molecule has 0 aliphatic carbocycles. The zero-order valence-corrected chi connectivity index (χ0v) is 10.0. The van der Waals surface area contributed by atoms with Crippen LogP contribution in [0.15, 0.2) is 42.9 Å². The van der Waals surface area contributed by atoms with Crippen LogP contribution in [0.25, 0.3) is 0 Å². The molecule has 8 nitrogen and oxygen atoms in total. The summed E-state index contributed by atoms with van der Waals surface area (Å²) in [4.78, 5) is 40.6. The van der Waals surface area contributed by atoms with E-state index in [1.807, 2.05) is 0 Å². The number of nitrogens with zero attached hydrogens (tertiary/aromatic N) is 3. The monoisotopic (exact) mass is 272 g/mol. The molecular formula is C12H8N4O4. The Balaban J connectivity index is 2.15. The molecule has 2 aromatic heterocycles. The van der Waals surface area contributed by atoms with Gasteiger partial charge in [-0.15, -0.1) is 0 Å². The predicted molar refractivity (Wildman–Crippen MR) is 66.9 cm³/mol. The van der Waals surface area contributed by atoms with Crippen molar-refractivity contribution < 1.29 is 14.5 Å². The number of carbonyl (C=O) groups excluding carboxylic acids is 2. The summed E-state index contributed by atoms with van der Waals surface area (Å²) in [6, 6.07) is 5.31. The van der Waals surface area contributed by atoms with Crippen LogP contribution in [0.4, 0.5) is 5.82 Å². The zero-order chi connectivity index (χ0) is 14.5. The standard InChI is InChI=1S/C12H8N4O4/c17-11(8-3-5-14-10(6-8)16(19)20)15-12(18)9-2-1-4-13-7-9/h1-7H,(H,15,17,18). The molecule has 8 heteroatoms. The van der Waals surface area contributed by atoms with Crippen molar-refractivity contribution in [2.24, 2.45) is 0 Å². The topological polar surface area (TPSA) is 115 Å². The highest BCUT2D eigenvalue weighted by molar-refractivity contribution is 6.10. The highest BCUT2D eigenvalue weighted by atomic mass is 16.6. The minimum Gasteiger partial charge on any atom is -0.358 e. The van der Waals surface area contributed by atoms with Crippen molar-refractivity contribution >= 4 is 17.6 Å². The van der Waals surface area contributed by atoms with E-state index in [-0.39, 0.29) is 11.1 Å². The Hall–Kier alpha value is -3.16. The molecule has 0 aliphatic rings. The van der Waals surface area contributed by atoms with E-state index in [9.17, 15) is 19.7 Å². The maximum absolute atomic E-state index is 11.8. The fraction of sp³-hybridized carbons (Fsp3) is 0. The first-order chi connectivity index (χ1) is 9.58. The van der Waals surface area contributed by atoms with E-state index in [0.717, 1.165) is 12.3 Å². The Kier molecular flexibility index (Phi) is 3.75. The smallest absolute Gasteiger partial charge is 0.358 e. The summed E-state index contributed by atoms with van der Waals surface area (Å²) in [6.45, 7) is 0. The Morgan fingerprint density at radius 2 is 1.90 bits per heavy atom. The fourth-order valence-corrected chi connectivity index (χ4v) is 1.40. The Labute approximate surface area is 112 Å². The summed E-state index contributed by atoms with van der Waals surface area (Å²) in [6.07, 6.45) is 3.92. The van der Waals surface area contributed by atoms with Gasteiger partial charge in [0.05, 0.1) is 11.1 Å². The van der Waals surface area contributed by atoms with E-state index >= 15 is 0 Å². The highest BCUT2D eigenvalue weighted by Gasteiger charge is 2.16. The number of carbonyl (C=O) groups is 2. The molecule has 0 aromatic carbocycles. The lowest BCUT2D eigenvalue weighted by molar-refractivity contribution is -0.389. The number of hydrogen-bond donors (Lipinski definition) is 1. The molecule has 1 N–H and O–H groups in total. The van der Waals surface area contributed by atoms with Crippen molar-refractivity contribution in [2.75, 3.05) is 0 Å². The molecule has 0 saturated heterocycles. The second-order valence-electron chi connectivity index (χ2n) is 3.68. The van der Waals surface area contributed by atoms with Gasteiger partial charge in [-0.3, -0.25) is 19.9 Å². The van der Waals surface area contributed by atoms with E-state index < -0.39 is 22.6 Å². The van der Waals surface area contributed by atoms with Crippen LogP contribution in [-0.4, -0.2) is 26.7 Å². The summed E-state index contributed by atoms with van der Waals surface area (Å²) >= 11 is 0. The molecular weight excluding hydrogens is 264 g/mol. The van der Waals surface area contributed by atoms with Crippen molar-refractivity contribution in [3.05, 3.63) is 64.1 Å². The van der Waals surface area contributed by atoms with Crippen molar-refractivity contribution in [1.29, 1.82) is 0 Å². The molecule has 0 bridgehead atoms. The van der Waals surface area contributed by atoms with Gasteiger partial charge in [-0.2, -0.15) is 0 Å². The first-order valence-corrected chi connectivity index (χ1v) is 5.44. The van der Waals surface area contributed by atoms with Gasteiger partial charge in [-0.1, -0.05) is 0 Å². The van der Waals surface area contributed by atoms with Crippen LogP contribution in [0.5, 0.6) is 0 Å². The number of aromatic nitrogens is 2. The van der Waals surface area contributed by atoms with Gasteiger partial charge in [-0.05, 0) is 28.1 Å². The SMILES string of the molecule is O=C(NC(=O)c1ccnc([N+](=O)[O-])c1)c1cccnc1. The molecule has 2 heterocycles. The zero-order valence-electron chi connectivity index (χ0n) is 10.0. The van der Waals surface area contributed by atoms with Crippen LogP contribution in [0.1, 0.15) is 20.7 Å². The van der Waals surface area contributed by atoms with Gasteiger partial charge in [0.15, 0.2) is 0 Å². The summed E-state index contributed by atoms with van der Waals surface area (Å²) in [5.41, 5.74) is 0.188. The first-order valence-electron chi connectivity index (χ1n) is 5.44. The van der Waals surface area contributed by atoms with Crippen LogP contribution in [0.2, 0.25) is 0 Å². The Bertz CT molecular complexity index is 672. The highest BCUT2D eigenvalue weighted by Crippen LogP contribution is 2.09. The number of imide groups is 1. The quantitative estimate of drug-likeness (QED) is 0.505. The second-order valence-corrected chi connectivity index (χ2v) is 3.68. The number of nitrogens with one attached hydrogen (secondary N) is 1. The molecule has 2 amide bonds. The number of hydrogen-bond acceptors (Lipinski definition) is 6. The first kappa shape index (κ1) is 13.3. The van der Waals surface area contributed by atoms with Crippen LogP contribution in [0, 0.1) is 10.1 Å². The van der Waals surface area contributed by atoms with Gasteiger partial charge < -0.3 is 10.1 Å². The molecule has 0 atom stereocenters. The summed E-state index contributed by atoms with van der Waals surface area (Å²) < 4.78 is 0. The van der Waals surface area contributed by atoms with Gasteiger partial charge in [0.25, 0.3) is 11.8 Å². The van der Waals surface area contributed by atoms with E-state index in [1.165, 1.54) is 24.5 Å². The van der Waals surface area contributed by atoms with Crippen molar-refractivity contribution in [3.8, 4) is 0 Å². The fourth-order valence-electron chi connectivity index (χ4n) is 1.40. The Morgan fingerprint density at radius 3 is 2.55 bits per heavy atom. The lowest BCUT2D eigenvalue weighted by Crippen LogP contribution is -2.30. The van der Waals surface area contributed by atoms with E-state index in [1.54, 1.807) is 6.07 Å². The average molecular weight is 272 g/mol. The minimum atomic E-state index is -0.746. The van der Waals surface area contributed by atoms with Crippen LogP contribution in [-0.2, 0) is 0 Å². The number of pyridine rings is 2. The number of amides is 2. The normalized spacial score (nSPS) is 9.80. The molecule has 0 aliphatic heterocycles. The van der Waals surface area contributed by atoms with Gasteiger partial charge in [0.1, 0.15) is 6.20 Å². The van der Waals surface area contributed by atoms with Gasteiger partial charge >= 0.3 is 5.82 Å². The third-order valence-electron chi connectivity index (χ3n) is 2.35. The lowest BCUT2D eigenvalue weighted by Gasteiger charge is -2.03. The predicted octanol–water partition coefficient (Wildman–Crippen LogP) is 0.955. The largest absolute Gasteiger partial charge is 0.364 e. The molecule has 20 heavy (non-hydrogen) atoms. The van der Waals surface area contributed by atoms with Crippen molar-refractivity contribution in [3.63, 3.8) is 0 Å². The minimum absolute atomic E-state index is 0.0241. The number of rotatable bonds is 3. The van der Waals surface area contributed by atoms with Crippen LogP contribution < -0.4 is 5.32 Å². The average Bonchev–Trinajstić information content (AvgIpc) is 2.48. The lowest BCUT2D eigenvalue weighted by atomic mass is 10.2. The van der Waals surface area contributed by atoms with Crippen molar-refractivity contribution in [2.45, 2.75) is 0 Å². The molecule has 0 radical (unpaired) electrons. The maximum Gasteiger partial charge on any atom is 0.364 e. The maximum atomic E-state index is 11.8. The third kappa shape index (κ3) is 2.99. The Morgan fingerprint density at radius 1 is 1.15 bits per heavy atom. The van der Waals surface area contributed by atoms with E-state index in [4.69, 9.17) is 0 Å². The summed E-state index contributed by atoms with van der Waals surface area (Å²) in [5, 5.41) is 12.7. The molecule has 0 fully saturated rings. The van der Waals surface area contributed by atoms with Gasteiger partial charge in [0.2, 0.25) is 0 Å². The second kappa shape index (κ2) is 5.65. The summed E-state index contributed by atoms with van der Waals surface area (Å²) in [7, 11) is 0. The summed E-state index contributed by atoms with van der Waals surface area (Å²) in [5.74, 6) is -1.85.